The Labute approximate surface area is 124 Å². The van der Waals surface area contributed by atoms with Crippen LogP contribution in [0.1, 0.15) is 26.7 Å². The first kappa shape index (κ1) is 10.8. The molecule has 1 aliphatic heterocycles. The minimum absolute atomic E-state index is 0.0771. The van der Waals surface area contributed by atoms with Gasteiger partial charge in [-0.15, -0.1) is 0 Å². The maximum atomic E-state index is 12.7. The molecule has 8 aliphatic rings. The summed E-state index contributed by atoms with van der Waals surface area (Å²) < 4.78 is 0. The van der Waals surface area contributed by atoms with E-state index in [1.165, 1.54) is 17.7 Å². The third-order valence-electron chi connectivity index (χ3n) is 9.67. The highest BCUT2D eigenvalue weighted by atomic mass is 16.2. The predicted molar refractivity (Wildman–Crippen MR) is 73.6 cm³/mol. The van der Waals surface area contributed by atoms with Crippen LogP contribution in [0.2, 0.25) is 0 Å². The quantitative estimate of drug-likeness (QED) is 0.635. The van der Waals surface area contributed by atoms with Gasteiger partial charge >= 0.3 is 0 Å². The summed E-state index contributed by atoms with van der Waals surface area (Å²) in [6, 6.07) is 0. The van der Waals surface area contributed by atoms with Crippen LogP contribution in [0.15, 0.2) is 0 Å². The molecule has 2 amide bonds. The molecule has 10 atom stereocenters. The second-order valence-electron chi connectivity index (χ2n) is 10.1. The molecule has 0 radical (unpaired) electrons. The molecule has 0 aromatic carbocycles. The van der Waals surface area contributed by atoms with Gasteiger partial charge in [0.25, 0.3) is 0 Å². The van der Waals surface area contributed by atoms with E-state index in [9.17, 15) is 9.59 Å². The molecule has 110 valence electrons. The van der Waals surface area contributed by atoms with E-state index in [4.69, 9.17) is 0 Å². The van der Waals surface area contributed by atoms with E-state index in [2.05, 4.69) is 13.8 Å². The topological polar surface area (TPSA) is 37.4 Å². The van der Waals surface area contributed by atoms with E-state index in [0.717, 1.165) is 23.7 Å². The zero-order chi connectivity index (χ0) is 14.3. The lowest BCUT2D eigenvalue weighted by Crippen LogP contribution is -3.00. The van der Waals surface area contributed by atoms with Crippen LogP contribution < -0.4 is 0 Å². The van der Waals surface area contributed by atoms with Crippen molar-refractivity contribution in [2.75, 3.05) is 7.05 Å². The molecule has 7 saturated carbocycles. The number of nitrogens with zero attached hydrogens (tertiary/aromatic N) is 1. The van der Waals surface area contributed by atoms with E-state index >= 15 is 0 Å². The van der Waals surface area contributed by atoms with E-state index in [-0.39, 0.29) is 23.7 Å². The van der Waals surface area contributed by atoms with Gasteiger partial charge < -0.3 is 0 Å². The number of rotatable bonds is 0. The first-order chi connectivity index (χ1) is 9.88. The van der Waals surface area contributed by atoms with Gasteiger partial charge in [-0.25, -0.2) is 0 Å². The fourth-order valence-electron chi connectivity index (χ4n) is 10.3. The SMILES string of the molecule is CN1C(=O)[C@@H]2[C@H](C1=O)[C@H]1[C@@H]3[C@@H]4[C@H]2[C@]25CC(C)(C)C[C@]12[C@@H]3[C@H]45. The van der Waals surface area contributed by atoms with Crippen molar-refractivity contribution < 1.29 is 9.59 Å². The molecule has 3 nitrogen and oxygen atoms in total. The van der Waals surface area contributed by atoms with Gasteiger partial charge in [-0.1, -0.05) is 13.8 Å². The Balaban J connectivity index is 1.49. The Kier molecular flexibility index (Phi) is 1.19. The Hall–Kier alpha value is -0.860. The highest BCUT2D eigenvalue weighted by molar-refractivity contribution is 6.06. The summed E-state index contributed by atoms with van der Waals surface area (Å²) in [5, 5.41) is 0. The second kappa shape index (κ2) is 2.32. The Morgan fingerprint density at radius 2 is 1.29 bits per heavy atom. The zero-order valence-electron chi connectivity index (χ0n) is 12.8. The summed E-state index contributed by atoms with van der Waals surface area (Å²) in [7, 11) is 1.72. The second-order valence-corrected chi connectivity index (χ2v) is 10.1. The first-order valence-corrected chi connectivity index (χ1v) is 8.70. The molecular weight excluding hydrogens is 262 g/mol. The fourth-order valence-corrected chi connectivity index (χ4v) is 10.3. The lowest BCUT2D eigenvalue weighted by atomic mass is 9.01. The minimum Gasteiger partial charge on any atom is -0.285 e. The smallest absolute Gasteiger partial charge is 0.233 e. The van der Waals surface area contributed by atoms with Crippen LogP contribution in [0, 0.1) is 63.6 Å². The van der Waals surface area contributed by atoms with Gasteiger partial charge in [0.05, 0.1) is 11.8 Å². The van der Waals surface area contributed by atoms with Crippen molar-refractivity contribution in [1.29, 1.82) is 0 Å². The van der Waals surface area contributed by atoms with Gasteiger partial charge in [-0.3, -0.25) is 14.5 Å². The van der Waals surface area contributed by atoms with Crippen molar-refractivity contribution in [3.8, 4) is 0 Å². The molecule has 0 aromatic heterocycles. The van der Waals surface area contributed by atoms with Gasteiger partial charge in [0.2, 0.25) is 11.8 Å². The summed E-state index contributed by atoms with van der Waals surface area (Å²) in [6.45, 7) is 4.86. The van der Waals surface area contributed by atoms with Gasteiger partial charge in [-0.05, 0) is 64.6 Å². The monoisotopic (exact) mass is 283 g/mol. The Bertz CT molecular complexity index is 641. The van der Waals surface area contributed by atoms with Crippen molar-refractivity contribution in [2.24, 2.45) is 63.6 Å². The number of hydrogen-bond acceptors (Lipinski definition) is 2. The Morgan fingerprint density at radius 3 is 1.71 bits per heavy atom. The lowest BCUT2D eigenvalue weighted by Gasteiger charge is -3.02. The van der Waals surface area contributed by atoms with E-state index in [0.29, 0.717) is 28.1 Å². The molecule has 8 fully saturated rings. The highest BCUT2D eigenvalue weighted by Gasteiger charge is 3.05. The van der Waals surface area contributed by atoms with Crippen molar-refractivity contribution in [3.63, 3.8) is 0 Å². The van der Waals surface area contributed by atoms with Crippen LogP contribution >= 0.6 is 0 Å². The predicted octanol–water partition coefficient (Wildman–Crippen LogP) is 1.78. The minimum atomic E-state index is 0.0771. The number of carbonyl (C=O) groups excluding carboxylic acids is 2. The third-order valence-corrected chi connectivity index (χ3v) is 9.67. The molecule has 2 bridgehead atoms. The first-order valence-electron chi connectivity index (χ1n) is 8.70. The van der Waals surface area contributed by atoms with Crippen molar-refractivity contribution in [1.82, 2.24) is 4.90 Å². The molecule has 2 spiro atoms. The number of amides is 2. The average molecular weight is 283 g/mol. The van der Waals surface area contributed by atoms with Gasteiger partial charge in [-0.2, -0.15) is 0 Å². The van der Waals surface area contributed by atoms with Crippen LogP contribution in [0.4, 0.5) is 0 Å². The van der Waals surface area contributed by atoms with Crippen LogP contribution in [-0.2, 0) is 9.59 Å². The maximum absolute atomic E-state index is 12.7. The van der Waals surface area contributed by atoms with E-state index in [1.54, 1.807) is 7.05 Å². The van der Waals surface area contributed by atoms with Gasteiger partial charge in [0, 0.05) is 7.05 Å². The Morgan fingerprint density at radius 1 is 0.857 bits per heavy atom. The molecule has 0 N–H and O–H groups in total. The largest absolute Gasteiger partial charge is 0.285 e. The van der Waals surface area contributed by atoms with Crippen molar-refractivity contribution >= 4 is 11.8 Å². The summed E-state index contributed by atoms with van der Waals surface area (Å²) in [4.78, 5) is 26.9. The number of hydrogen-bond donors (Lipinski definition) is 0. The van der Waals surface area contributed by atoms with Crippen molar-refractivity contribution in [2.45, 2.75) is 26.7 Å². The summed E-state index contributed by atoms with van der Waals surface area (Å²) in [6.07, 6.45) is 2.67. The van der Waals surface area contributed by atoms with Crippen molar-refractivity contribution in [3.05, 3.63) is 0 Å². The van der Waals surface area contributed by atoms with Crippen LogP contribution in [0.25, 0.3) is 0 Å². The summed E-state index contributed by atoms with van der Waals surface area (Å²) in [5.74, 6) is 5.23. The highest BCUT2D eigenvalue weighted by Crippen LogP contribution is 3.07. The third kappa shape index (κ3) is 0.608. The number of imide groups is 1. The molecule has 0 aromatic rings. The molecule has 3 heteroatoms. The summed E-state index contributed by atoms with van der Waals surface area (Å²) >= 11 is 0. The number of carbonyl (C=O) groups is 2. The van der Waals surface area contributed by atoms with Crippen LogP contribution in [0.5, 0.6) is 0 Å². The molecule has 7 aliphatic carbocycles. The molecule has 21 heavy (non-hydrogen) atoms. The van der Waals surface area contributed by atoms with Gasteiger partial charge in [0.1, 0.15) is 0 Å². The lowest BCUT2D eigenvalue weighted by molar-refractivity contribution is -0.563. The number of likely N-dealkylation sites (tertiary alicyclic amines) is 1. The molecule has 0 unspecified atom stereocenters. The van der Waals surface area contributed by atoms with E-state index < -0.39 is 0 Å². The molecule has 1 heterocycles. The summed E-state index contributed by atoms with van der Waals surface area (Å²) in [5.41, 5.74) is 1.42. The fraction of sp³-hybridized carbons (Fsp3) is 0.889. The average Bonchev–Trinajstić information content (AvgIpc) is 2.76. The normalized spacial score (nSPS) is 72.0. The van der Waals surface area contributed by atoms with Gasteiger partial charge in [0.15, 0.2) is 0 Å². The maximum Gasteiger partial charge on any atom is 0.233 e. The molecule has 8 rings (SSSR count). The molecule has 1 saturated heterocycles. The van der Waals surface area contributed by atoms with E-state index in [1.807, 2.05) is 0 Å². The standard InChI is InChI=1S/C18H21NO2/c1-16(2)4-17-10-6-7-11(18(17,5-16)13(7)12(6)17)9-8(10)14(20)19(3)15(9)21/h6-13H,4-5H2,1-3H3/t6-,7+,8-,9+,10-,11-,12+,13+,17+,18-/m1/s1. The van der Waals surface area contributed by atoms with Crippen LogP contribution in [-0.4, -0.2) is 23.8 Å². The zero-order valence-corrected chi connectivity index (χ0v) is 12.8. The van der Waals surface area contributed by atoms with Crippen LogP contribution in [0.3, 0.4) is 0 Å². The molecular formula is C18H21NO2.